The molecule has 0 aliphatic heterocycles. The molecule has 0 aliphatic carbocycles. The molecule has 3 rings (SSSR count). The second kappa shape index (κ2) is 6.31. The standard InChI is InChI=1S/C15H18N4O2S/c1-4-5-6-13-16-17-15-19(13)18-14(22-15)11-8-7-10(20-2)9-12(11)21-3/h7-9H,4-6H2,1-3H3. The van der Waals surface area contributed by atoms with Crippen LogP contribution in [0.4, 0.5) is 0 Å². The molecule has 22 heavy (non-hydrogen) atoms. The van der Waals surface area contributed by atoms with Gasteiger partial charge < -0.3 is 9.47 Å². The van der Waals surface area contributed by atoms with Crippen LogP contribution in [0.3, 0.4) is 0 Å². The Morgan fingerprint density at radius 1 is 1.18 bits per heavy atom. The summed E-state index contributed by atoms with van der Waals surface area (Å²) in [6.45, 7) is 2.16. The number of benzene rings is 1. The first-order valence-electron chi connectivity index (χ1n) is 7.20. The second-order valence-corrected chi connectivity index (χ2v) is 5.84. The Bertz CT molecular complexity index is 781. The van der Waals surface area contributed by atoms with Crippen molar-refractivity contribution in [2.24, 2.45) is 0 Å². The summed E-state index contributed by atoms with van der Waals surface area (Å²) in [6, 6.07) is 5.71. The number of nitrogens with zero attached hydrogens (tertiary/aromatic N) is 4. The predicted octanol–water partition coefficient (Wildman–Crippen LogP) is 3.21. The molecule has 0 spiro atoms. The average molecular weight is 318 g/mol. The Hall–Kier alpha value is -2.15. The second-order valence-electron chi connectivity index (χ2n) is 4.89. The first kappa shape index (κ1) is 14.8. The van der Waals surface area contributed by atoms with Crippen LogP contribution in [0.15, 0.2) is 18.2 Å². The number of hydrogen-bond donors (Lipinski definition) is 0. The molecule has 0 unspecified atom stereocenters. The molecule has 0 fully saturated rings. The summed E-state index contributed by atoms with van der Waals surface area (Å²) in [5.41, 5.74) is 0.931. The lowest BCUT2D eigenvalue weighted by Crippen LogP contribution is -1.96. The van der Waals surface area contributed by atoms with Gasteiger partial charge in [-0.3, -0.25) is 0 Å². The molecule has 0 N–H and O–H groups in total. The first-order chi connectivity index (χ1) is 10.8. The summed E-state index contributed by atoms with van der Waals surface area (Å²) < 4.78 is 12.5. The molecule has 0 amide bonds. The van der Waals surface area contributed by atoms with E-state index in [1.54, 1.807) is 14.2 Å². The predicted molar refractivity (Wildman–Crippen MR) is 85.8 cm³/mol. The molecule has 3 aromatic rings. The van der Waals surface area contributed by atoms with Crippen LogP contribution in [-0.4, -0.2) is 34.0 Å². The summed E-state index contributed by atoms with van der Waals surface area (Å²) in [6.07, 6.45) is 3.10. The number of ether oxygens (including phenoxy) is 2. The fraction of sp³-hybridized carbons (Fsp3) is 0.400. The van der Waals surface area contributed by atoms with Gasteiger partial charge in [0.2, 0.25) is 4.96 Å². The van der Waals surface area contributed by atoms with Gasteiger partial charge in [0.15, 0.2) is 10.8 Å². The molecule has 2 aromatic heterocycles. The van der Waals surface area contributed by atoms with E-state index in [2.05, 4.69) is 22.2 Å². The van der Waals surface area contributed by atoms with E-state index >= 15 is 0 Å². The fourth-order valence-electron chi connectivity index (χ4n) is 2.23. The maximum Gasteiger partial charge on any atom is 0.234 e. The lowest BCUT2D eigenvalue weighted by atomic mass is 10.2. The summed E-state index contributed by atoms with van der Waals surface area (Å²) >= 11 is 1.51. The van der Waals surface area contributed by atoms with Gasteiger partial charge in [-0.05, 0) is 18.6 Å². The SMILES string of the molecule is CCCCc1nnc2sc(-c3ccc(OC)cc3OC)nn12. The zero-order chi connectivity index (χ0) is 15.5. The molecule has 0 radical (unpaired) electrons. The maximum atomic E-state index is 5.45. The number of hydrogen-bond acceptors (Lipinski definition) is 6. The highest BCUT2D eigenvalue weighted by atomic mass is 32.1. The van der Waals surface area contributed by atoms with Gasteiger partial charge >= 0.3 is 0 Å². The van der Waals surface area contributed by atoms with E-state index in [1.807, 2.05) is 22.7 Å². The Morgan fingerprint density at radius 3 is 2.77 bits per heavy atom. The lowest BCUT2D eigenvalue weighted by Gasteiger charge is -2.07. The van der Waals surface area contributed by atoms with Crippen LogP contribution in [-0.2, 0) is 6.42 Å². The average Bonchev–Trinajstić information content (AvgIpc) is 3.13. The van der Waals surface area contributed by atoms with E-state index in [9.17, 15) is 0 Å². The van der Waals surface area contributed by atoms with Crippen molar-refractivity contribution >= 4 is 16.3 Å². The van der Waals surface area contributed by atoms with Crippen molar-refractivity contribution in [2.75, 3.05) is 14.2 Å². The zero-order valence-electron chi connectivity index (χ0n) is 12.9. The third-order valence-corrected chi connectivity index (χ3v) is 4.38. The number of aromatic nitrogens is 4. The first-order valence-corrected chi connectivity index (χ1v) is 8.02. The maximum absolute atomic E-state index is 5.45. The number of rotatable bonds is 6. The third-order valence-electron chi connectivity index (χ3n) is 3.45. The van der Waals surface area contributed by atoms with Crippen LogP contribution in [0.25, 0.3) is 15.5 Å². The van der Waals surface area contributed by atoms with Crippen molar-refractivity contribution in [3.8, 4) is 22.1 Å². The van der Waals surface area contributed by atoms with Crippen molar-refractivity contribution < 1.29 is 9.47 Å². The third kappa shape index (κ3) is 2.64. The van der Waals surface area contributed by atoms with Crippen LogP contribution in [0.5, 0.6) is 11.5 Å². The van der Waals surface area contributed by atoms with Gasteiger partial charge in [0, 0.05) is 12.5 Å². The van der Waals surface area contributed by atoms with Gasteiger partial charge in [0.1, 0.15) is 11.5 Å². The topological polar surface area (TPSA) is 61.5 Å². The number of unbranched alkanes of at least 4 members (excludes halogenated alkanes) is 1. The Kier molecular flexibility index (Phi) is 4.24. The van der Waals surface area contributed by atoms with Crippen LogP contribution >= 0.6 is 11.3 Å². The highest BCUT2D eigenvalue weighted by molar-refractivity contribution is 7.19. The van der Waals surface area contributed by atoms with E-state index in [1.165, 1.54) is 11.3 Å². The summed E-state index contributed by atoms with van der Waals surface area (Å²) in [5, 5.41) is 13.9. The van der Waals surface area contributed by atoms with E-state index in [0.29, 0.717) is 0 Å². The molecule has 0 bridgehead atoms. The number of fused-ring (bicyclic) bond motifs is 1. The Labute approximate surface area is 132 Å². The molecule has 116 valence electrons. The quantitative estimate of drug-likeness (QED) is 0.698. The minimum absolute atomic E-state index is 0.736. The molecule has 0 saturated carbocycles. The molecule has 2 heterocycles. The largest absolute Gasteiger partial charge is 0.497 e. The molecular weight excluding hydrogens is 300 g/mol. The van der Waals surface area contributed by atoms with Crippen LogP contribution in [0.2, 0.25) is 0 Å². The molecule has 7 heteroatoms. The van der Waals surface area contributed by atoms with Gasteiger partial charge in [-0.15, -0.1) is 10.2 Å². The highest BCUT2D eigenvalue weighted by Gasteiger charge is 2.16. The van der Waals surface area contributed by atoms with Crippen molar-refractivity contribution in [1.82, 2.24) is 19.8 Å². The van der Waals surface area contributed by atoms with Crippen molar-refractivity contribution in [1.29, 1.82) is 0 Å². The minimum atomic E-state index is 0.736. The Balaban J connectivity index is 2.01. The van der Waals surface area contributed by atoms with Gasteiger partial charge in [0.25, 0.3) is 0 Å². The van der Waals surface area contributed by atoms with E-state index in [-0.39, 0.29) is 0 Å². The summed E-state index contributed by atoms with van der Waals surface area (Å²) in [7, 11) is 3.28. The number of methoxy groups -OCH3 is 2. The highest BCUT2D eigenvalue weighted by Crippen LogP contribution is 2.35. The summed E-state index contributed by atoms with van der Waals surface area (Å²) in [5.74, 6) is 2.40. The molecule has 6 nitrogen and oxygen atoms in total. The Morgan fingerprint density at radius 2 is 2.05 bits per heavy atom. The molecule has 0 aliphatic rings. The van der Waals surface area contributed by atoms with Crippen LogP contribution in [0, 0.1) is 0 Å². The molecular formula is C15H18N4O2S. The minimum Gasteiger partial charge on any atom is -0.497 e. The molecule has 1 aromatic carbocycles. The smallest absolute Gasteiger partial charge is 0.234 e. The van der Waals surface area contributed by atoms with Crippen LogP contribution in [0.1, 0.15) is 25.6 Å². The van der Waals surface area contributed by atoms with E-state index in [0.717, 1.165) is 52.1 Å². The van der Waals surface area contributed by atoms with Gasteiger partial charge in [-0.2, -0.15) is 9.61 Å². The molecule has 0 atom stereocenters. The van der Waals surface area contributed by atoms with Gasteiger partial charge in [0.05, 0.1) is 19.8 Å². The molecule has 0 saturated heterocycles. The number of aryl methyl sites for hydroxylation is 1. The van der Waals surface area contributed by atoms with Crippen molar-refractivity contribution in [3.63, 3.8) is 0 Å². The van der Waals surface area contributed by atoms with Gasteiger partial charge in [-0.1, -0.05) is 24.7 Å². The van der Waals surface area contributed by atoms with Crippen molar-refractivity contribution in [3.05, 3.63) is 24.0 Å². The van der Waals surface area contributed by atoms with E-state index in [4.69, 9.17) is 9.47 Å². The van der Waals surface area contributed by atoms with E-state index < -0.39 is 0 Å². The monoisotopic (exact) mass is 318 g/mol. The lowest BCUT2D eigenvalue weighted by molar-refractivity contribution is 0.395. The van der Waals surface area contributed by atoms with Gasteiger partial charge in [-0.25, -0.2) is 0 Å². The fourth-order valence-corrected chi connectivity index (χ4v) is 3.12. The normalized spacial score (nSPS) is 11.0. The summed E-state index contributed by atoms with van der Waals surface area (Å²) in [4.78, 5) is 0.805. The van der Waals surface area contributed by atoms with Crippen LogP contribution < -0.4 is 9.47 Å². The van der Waals surface area contributed by atoms with Crippen molar-refractivity contribution in [2.45, 2.75) is 26.2 Å². The zero-order valence-corrected chi connectivity index (χ0v) is 13.7.